The van der Waals surface area contributed by atoms with Gasteiger partial charge in [-0.25, -0.2) is 9.97 Å². The molecule has 0 N–H and O–H groups in total. The van der Waals surface area contributed by atoms with Crippen LogP contribution in [0.25, 0.3) is 10.2 Å². The van der Waals surface area contributed by atoms with Crippen LogP contribution in [0.15, 0.2) is 17.8 Å². The molecule has 3 rings (SSSR count). The second-order valence-corrected chi connectivity index (χ2v) is 6.26. The van der Waals surface area contributed by atoms with Crippen molar-refractivity contribution >= 4 is 27.4 Å². The van der Waals surface area contributed by atoms with Crippen LogP contribution in [0.5, 0.6) is 0 Å². The van der Waals surface area contributed by atoms with Crippen LogP contribution < -0.4 is 4.90 Å². The summed E-state index contributed by atoms with van der Waals surface area (Å²) in [6.07, 6.45) is 1.68. The van der Waals surface area contributed by atoms with Crippen molar-refractivity contribution in [3.8, 4) is 0 Å². The molecule has 6 heteroatoms. The first kappa shape index (κ1) is 14.7. The van der Waals surface area contributed by atoms with E-state index in [1.54, 1.807) is 17.7 Å². The zero-order chi connectivity index (χ0) is 14.7. The first-order valence-corrected chi connectivity index (χ1v) is 8.42. The van der Waals surface area contributed by atoms with E-state index >= 15 is 0 Å². The lowest BCUT2D eigenvalue weighted by Crippen LogP contribution is -2.53. The summed E-state index contributed by atoms with van der Waals surface area (Å²) in [6.45, 7) is 10.0. The summed E-state index contributed by atoms with van der Waals surface area (Å²) in [6, 6.07) is 2.64. The summed E-state index contributed by atoms with van der Waals surface area (Å²) in [4.78, 5) is 14.8. The number of ether oxygens (including phenoxy) is 1. The summed E-state index contributed by atoms with van der Waals surface area (Å²) in [5.41, 5.74) is 0. The maximum atomic E-state index is 5.47. The quantitative estimate of drug-likeness (QED) is 0.793. The van der Waals surface area contributed by atoms with Gasteiger partial charge in [-0.2, -0.15) is 0 Å². The lowest BCUT2D eigenvalue weighted by Gasteiger charge is -2.40. The van der Waals surface area contributed by atoms with Gasteiger partial charge in [-0.05, 0) is 25.3 Å². The van der Waals surface area contributed by atoms with E-state index in [-0.39, 0.29) is 0 Å². The molecule has 3 heterocycles. The van der Waals surface area contributed by atoms with Crippen molar-refractivity contribution in [1.29, 1.82) is 0 Å². The zero-order valence-corrected chi connectivity index (χ0v) is 13.5. The highest BCUT2D eigenvalue weighted by Gasteiger charge is 2.25. The lowest BCUT2D eigenvalue weighted by atomic mass is 10.2. The van der Waals surface area contributed by atoms with Gasteiger partial charge in [0.05, 0.1) is 12.0 Å². The number of piperazine rings is 1. The standard InChI is InChI=1S/C15H22N4OS/c1-3-20-8-7-18-5-6-19(10-12(18)2)14-13-4-9-21-15(13)17-11-16-14/h4,9,11-12H,3,5-8,10H2,1-2H3. The van der Waals surface area contributed by atoms with E-state index in [2.05, 4.69) is 38.1 Å². The smallest absolute Gasteiger partial charge is 0.140 e. The molecule has 1 unspecified atom stereocenters. The molecule has 114 valence electrons. The first-order valence-electron chi connectivity index (χ1n) is 7.54. The summed E-state index contributed by atoms with van der Waals surface area (Å²) < 4.78 is 5.47. The normalized spacial score (nSPS) is 20.3. The van der Waals surface area contributed by atoms with E-state index in [1.807, 2.05) is 6.92 Å². The van der Waals surface area contributed by atoms with E-state index in [0.29, 0.717) is 6.04 Å². The number of rotatable bonds is 5. The summed E-state index contributed by atoms with van der Waals surface area (Å²) >= 11 is 1.68. The van der Waals surface area contributed by atoms with E-state index in [4.69, 9.17) is 4.74 Å². The molecule has 1 fully saturated rings. The number of anilines is 1. The van der Waals surface area contributed by atoms with E-state index in [9.17, 15) is 0 Å². The highest BCUT2D eigenvalue weighted by Crippen LogP contribution is 2.28. The molecule has 1 atom stereocenters. The molecule has 1 aliphatic rings. The van der Waals surface area contributed by atoms with Gasteiger partial charge in [0.15, 0.2) is 0 Å². The molecule has 0 saturated carbocycles. The monoisotopic (exact) mass is 306 g/mol. The largest absolute Gasteiger partial charge is 0.380 e. The van der Waals surface area contributed by atoms with E-state index in [0.717, 1.165) is 50.0 Å². The molecule has 0 spiro atoms. The fourth-order valence-corrected chi connectivity index (χ4v) is 3.60. The molecule has 21 heavy (non-hydrogen) atoms. The topological polar surface area (TPSA) is 41.5 Å². The van der Waals surface area contributed by atoms with Crippen molar-refractivity contribution in [3.63, 3.8) is 0 Å². The fraction of sp³-hybridized carbons (Fsp3) is 0.600. The Bertz CT molecular complexity index is 588. The molecule has 2 aromatic rings. The maximum absolute atomic E-state index is 5.47. The van der Waals surface area contributed by atoms with Crippen LogP contribution in [0.2, 0.25) is 0 Å². The number of thiophene rings is 1. The SMILES string of the molecule is CCOCCN1CCN(c2ncnc3sccc23)CC1C. The zero-order valence-electron chi connectivity index (χ0n) is 12.7. The minimum absolute atomic E-state index is 0.517. The van der Waals surface area contributed by atoms with Gasteiger partial charge >= 0.3 is 0 Å². The highest BCUT2D eigenvalue weighted by molar-refractivity contribution is 7.16. The van der Waals surface area contributed by atoms with Crippen LogP contribution in [0.3, 0.4) is 0 Å². The molecule has 0 aliphatic carbocycles. The van der Waals surface area contributed by atoms with E-state index in [1.165, 1.54) is 5.39 Å². The van der Waals surface area contributed by atoms with Gasteiger partial charge in [0.2, 0.25) is 0 Å². The third kappa shape index (κ3) is 3.17. The molecule has 0 aromatic carbocycles. The van der Waals surface area contributed by atoms with Crippen LogP contribution >= 0.6 is 11.3 Å². The van der Waals surface area contributed by atoms with Gasteiger partial charge < -0.3 is 9.64 Å². The number of aromatic nitrogens is 2. The van der Waals surface area contributed by atoms with Crippen LogP contribution in [0.4, 0.5) is 5.82 Å². The summed E-state index contributed by atoms with van der Waals surface area (Å²) in [5, 5.41) is 3.27. The van der Waals surface area contributed by atoms with Gasteiger partial charge in [0.1, 0.15) is 17.0 Å². The van der Waals surface area contributed by atoms with Crippen LogP contribution in [0, 0.1) is 0 Å². The van der Waals surface area contributed by atoms with Crippen LogP contribution in [-0.4, -0.2) is 60.3 Å². The average molecular weight is 306 g/mol. The minimum atomic E-state index is 0.517. The molecule has 0 radical (unpaired) electrons. The maximum Gasteiger partial charge on any atom is 0.140 e. The summed E-state index contributed by atoms with van der Waals surface area (Å²) in [7, 11) is 0. The number of fused-ring (bicyclic) bond motifs is 1. The highest BCUT2D eigenvalue weighted by atomic mass is 32.1. The van der Waals surface area contributed by atoms with Crippen molar-refractivity contribution in [3.05, 3.63) is 17.8 Å². The van der Waals surface area contributed by atoms with Gasteiger partial charge in [0.25, 0.3) is 0 Å². The Morgan fingerprint density at radius 3 is 3.10 bits per heavy atom. The third-order valence-electron chi connectivity index (χ3n) is 4.03. The van der Waals surface area contributed by atoms with Crippen molar-refractivity contribution in [2.24, 2.45) is 0 Å². The van der Waals surface area contributed by atoms with E-state index < -0.39 is 0 Å². The fourth-order valence-electron chi connectivity index (χ4n) is 2.87. The van der Waals surface area contributed by atoms with Crippen molar-refractivity contribution < 1.29 is 4.74 Å². The second-order valence-electron chi connectivity index (χ2n) is 5.36. The molecule has 0 bridgehead atoms. The Balaban J connectivity index is 1.68. The third-order valence-corrected chi connectivity index (χ3v) is 4.85. The van der Waals surface area contributed by atoms with Gasteiger partial charge in [-0.1, -0.05) is 0 Å². The molecular formula is C15H22N4OS. The Morgan fingerprint density at radius 2 is 2.29 bits per heavy atom. The van der Waals surface area contributed by atoms with Crippen molar-refractivity contribution in [2.45, 2.75) is 19.9 Å². The molecule has 2 aromatic heterocycles. The van der Waals surface area contributed by atoms with Crippen LogP contribution in [-0.2, 0) is 4.74 Å². The Morgan fingerprint density at radius 1 is 1.38 bits per heavy atom. The second kappa shape index (κ2) is 6.68. The van der Waals surface area contributed by atoms with Gasteiger partial charge in [-0.15, -0.1) is 11.3 Å². The predicted octanol–water partition coefficient (Wildman–Crippen LogP) is 2.24. The summed E-state index contributed by atoms with van der Waals surface area (Å²) in [5.74, 6) is 1.08. The van der Waals surface area contributed by atoms with Crippen LogP contribution in [0.1, 0.15) is 13.8 Å². The lowest BCUT2D eigenvalue weighted by molar-refractivity contribution is 0.0925. The Kier molecular flexibility index (Phi) is 4.67. The average Bonchev–Trinajstić information content (AvgIpc) is 2.97. The van der Waals surface area contributed by atoms with Crippen molar-refractivity contribution in [2.75, 3.05) is 44.3 Å². The van der Waals surface area contributed by atoms with Gasteiger partial charge in [0, 0.05) is 38.8 Å². The van der Waals surface area contributed by atoms with Gasteiger partial charge in [-0.3, -0.25) is 4.90 Å². The Hall–Kier alpha value is -1.24. The molecule has 0 amide bonds. The molecular weight excluding hydrogens is 284 g/mol. The molecule has 5 nitrogen and oxygen atoms in total. The predicted molar refractivity (Wildman–Crippen MR) is 87.2 cm³/mol. The van der Waals surface area contributed by atoms with Crippen molar-refractivity contribution in [1.82, 2.24) is 14.9 Å². The Labute approximate surface area is 129 Å². The number of hydrogen-bond donors (Lipinski definition) is 0. The number of hydrogen-bond acceptors (Lipinski definition) is 6. The molecule has 1 saturated heterocycles. The number of nitrogens with zero attached hydrogens (tertiary/aromatic N) is 4. The first-order chi connectivity index (χ1) is 10.3. The minimum Gasteiger partial charge on any atom is -0.380 e. The molecule has 1 aliphatic heterocycles.